The third kappa shape index (κ3) is 3.17. The smallest absolute Gasteiger partial charge is 0.255 e. The van der Waals surface area contributed by atoms with Gasteiger partial charge in [-0.3, -0.25) is 4.79 Å². The fourth-order valence-electron chi connectivity index (χ4n) is 1.67. The van der Waals surface area contributed by atoms with Gasteiger partial charge in [0.05, 0.1) is 0 Å². The van der Waals surface area contributed by atoms with Crippen molar-refractivity contribution in [1.29, 1.82) is 0 Å². The molecule has 0 fully saturated rings. The van der Waals surface area contributed by atoms with E-state index in [1.807, 2.05) is 38.1 Å². The van der Waals surface area contributed by atoms with Crippen LogP contribution in [0.5, 0.6) is 0 Å². The van der Waals surface area contributed by atoms with Crippen LogP contribution in [0.2, 0.25) is 5.02 Å². The molecule has 2 nitrogen and oxygen atoms in total. The van der Waals surface area contributed by atoms with E-state index in [1.165, 1.54) is 0 Å². The van der Waals surface area contributed by atoms with E-state index < -0.39 is 0 Å². The predicted molar refractivity (Wildman–Crippen MR) is 83.0 cm³/mol. The highest BCUT2D eigenvalue weighted by Crippen LogP contribution is 2.24. The summed E-state index contributed by atoms with van der Waals surface area (Å²) < 4.78 is 0.965. The van der Waals surface area contributed by atoms with Gasteiger partial charge >= 0.3 is 0 Å². The summed E-state index contributed by atoms with van der Waals surface area (Å²) in [4.78, 5) is 12.2. The number of carbonyl (C=O) groups is 1. The Bertz CT molecular complexity index is 640. The van der Waals surface area contributed by atoms with Gasteiger partial charge < -0.3 is 5.32 Å². The number of benzene rings is 2. The Morgan fingerprint density at radius 2 is 1.95 bits per heavy atom. The molecule has 0 aliphatic rings. The number of anilines is 1. The molecule has 98 valence electrons. The van der Waals surface area contributed by atoms with E-state index in [0.29, 0.717) is 10.6 Å². The number of halogens is 2. The molecule has 2 aromatic carbocycles. The Kier molecular flexibility index (Phi) is 4.27. The highest BCUT2D eigenvalue weighted by Gasteiger charge is 2.10. The third-order valence-electron chi connectivity index (χ3n) is 2.95. The molecule has 0 atom stereocenters. The molecule has 2 rings (SSSR count). The van der Waals surface area contributed by atoms with Gasteiger partial charge in [0, 0.05) is 20.7 Å². The van der Waals surface area contributed by atoms with Crippen molar-refractivity contribution >= 4 is 39.1 Å². The van der Waals surface area contributed by atoms with E-state index in [4.69, 9.17) is 11.6 Å². The van der Waals surface area contributed by atoms with E-state index in [1.54, 1.807) is 12.1 Å². The van der Waals surface area contributed by atoms with Crippen molar-refractivity contribution in [3.63, 3.8) is 0 Å². The highest BCUT2D eigenvalue weighted by atomic mass is 79.9. The summed E-state index contributed by atoms with van der Waals surface area (Å²) in [7, 11) is 0. The Balaban J connectivity index is 2.26. The van der Waals surface area contributed by atoms with Crippen LogP contribution in [0.25, 0.3) is 0 Å². The van der Waals surface area contributed by atoms with Crippen LogP contribution in [0.15, 0.2) is 40.9 Å². The summed E-state index contributed by atoms with van der Waals surface area (Å²) in [5.74, 6) is -0.164. The van der Waals surface area contributed by atoms with Gasteiger partial charge in [-0.2, -0.15) is 0 Å². The van der Waals surface area contributed by atoms with Crippen molar-refractivity contribution in [2.75, 3.05) is 5.32 Å². The number of nitrogens with one attached hydrogen (secondary N) is 1. The average molecular weight is 339 g/mol. The second kappa shape index (κ2) is 5.76. The first-order valence-electron chi connectivity index (χ1n) is 5.81. The van der Waals surface area contributed by atoms with Gasteiger partial charge in [0.2, 0.25) is 0 Å². The molecule has 0 aromatic heterocycles. The van der Waals surface area contributed by atoms with Crippen molar-refractivity contribution in [1.82, 2.24) is 0 Å². The van der Waals surface area contributed by atoms with Crippen LogP contribution in [0, 0.1) is 13.8 Å². The summed E-state index contributed by atoms with van der Waals surface area (Å²) in [6.07, 6.45) is 0. The fourth-order valence-corrected chi connectivity index (χ4v) is 2.22. The quantitative estimate of drug-likeness (QED) is 0.823. The molecule has 0 radical (unpaired) electrons. The third-order valence-corrected chi connectivity index (χ3v) is 4.22. The lowest BCUT2D eigenvalue weighted by atomic mass is 10.1. The summed E-state index contributed by atoms with van der Waals surface area (Å²) in [5, 5.41) is 3.48. The Morgan fingerprint density at radius 3 is 2.63 bits per heavy atom. The Labute approximate surface area is 125 Å². The van der Waals surface area contributed by atoms with Gasteiger partial charge in [0.1, 0.15) is 0 Å². The molecule has 0 unspecified atom stereocenters. The maximum Gasteiger partial charge on any atom is 0.255 e. The van der Waals surface area contributed by atoms with E-state index in [-0.39, 0.29) is 5.91 Å². The zero-order valence-corrected chi connectivity index (χ0v) is 13.0. The van der Waals surface area contributed by atoms with E-state index in [0.717, 1.165) is 21.3 Å². The van der Waals surface area contributed by atoms with Gasteiger partial charge in [-0.25, -0.2) is 0 Å². The standard InChI is InChI=1S/C15H13BrClNO/c1-9-6-7-11(8-13(9)17)15(19)18-14-5-3-4-12(16)10(14)2/h3-8H,1-2H3,(H,18,19). The van der Waals surface area contributed by atoms with E-state index in [2.05, 4.69) is 21.2 Å². The van der Waals surface area contributed by atoms with Crippen LogP contribution in [0.1, 0.15) is 21.5 Å². The van der Waals surface area contributed by atoms with E-state index >= 15 is 0 Å². The molecule has 0 aliphatic carbocycles. The van der Waals surface area contributed by atoms with Gasteiger partial charge in [-0.15, -0.1) is 0 Å². The van der Waals surface area contributed by atoms with Crippen LogP contribution in [-0.2, 0) is 0 Å². The molecular formula is C15H13BrClNO. The molecule has 0 heterocycles. The molecule has 1 amide bonds. The molecule has 0 aliphatic heterocycles. The minimum Gasteiger partial charge on any atom is -0.322 e. The molecule has 0 bridgehead atoms. The van der Waals surface area contributed by atoms with Crippen LogP contribution in [-0.4, -0.2) is 5.91 Å². The van der Waals surface area contributed by atoms with Crippen molar-refractivity contribution in [3.05, 3.63) is 62.6 Å². The Hall–Kier alpha value is -1.32. The van der Waals surface area contributed by atoms with Gasteiger partial charge in [0.25, 0.3) is 5.91 Å². The second-order valence-electron chi connectivity index (χ2n) is 4.33. The van der Waals surface area contributed by atoms with E-state index in [9.17, 15) is 4.79 Å². The number of hydrogen-bond acceptors (Lipinski definition) is 1. The van der Waals surface area contributed by atoms with Gasteiger partial charge in [-0.05, 0) is 49.2 Å². The minimum absolute atomic E-state index is 0.164. The number of aryl methyl sites for hydroxylation is 1. The Morgan fingerprint density at radius 1 is 1.21 bits per heavy atom. The SMILES string of the molecule is Cc1ccc(C(=O)Nc2cccc(Br)c2C)cc1Cl. The summed E-state index contributed by atoms with van der Waals surface area (Å²) in [6.45, 7) is 3.85. The number of carbonyl (C=O) groups excluding carboxylic acids is 1. The van der Waals surface area contributed by atoms with Crippen LogP contribution in [0.3, 0.4) is 0 Å². The fraction of sp³-hybridized carbons (Fsp3) is 0.133. The second-order valence-corrected chi connectivity index (χ2v) is 5.59. The minimum atomic E-state index is -0.164. The molecule has 0 spiro atoms. The monoisotopic (exact) mass is 337 g/mol. The van der Waals surface area contributed by atoms with Crippen LogP contribution >= 0.6 is 27.5 Å². The molecular weight excluding hydrogens is 326 g/mol. The van der Waals surface area contributed by atoms with Crippen molar-refractivity contribution in [3.8, 4) is 0 Å². The molecule has 4 heteroatoms. The molecule has 1 N–H and O–H groups in total. The topological polar surface area (TPSA) is 29.1 Å². The normalized spacial score (nSPS) is 10.3. The highest BCUT2D eigenvalue weighted by molar-refractivity contribution is 9.10. The molecule has 0 saturated carbocycles. The predicted octanol–water partition coefficient (Wildman–Crippen LogP) is 4.97. The van der Waals surface area contributed by atoms with Crippen LogP contribution < -0.4 is 5.32 Å². The summed E-state index contributed by atoms with van der Waals surface area (Å²) in [5.41, 5.74) is 3.29. The first-order valence-corrected chi connectivity index (χ1v) is 6.99. The first kappa shape index (κ1) is 14.1. The van der Waals surface area contributed by atoms with Crippen molar-refractivity contribution < 1.29 is 4.79 Å². The zero-order chi connectivity index (χ0) is 14.0. The lowest BCUT2D eigenvalue weighted by molar-refractivity contribution is 0.102. The lowest BCUT2D eigenvalue weighted by Crippen LogP contribution is -2.12. The molecule has 2 aromatic rings. The van der Waals surface area contributed by atoms with Gasteiger partial charge in [0.15, 0.2) is 0 Å². The molecule has 19 heavy (non-hydrogen) atoms. The summed E-state index contributed by atoms with van der Waals surface area (Å²) >= 11 is 9.47. The zero-order valence-electron chi connectivity index (χ0n) is 10.6. The number of amides is 1. The van der Waals surface area contributed by atoms with Gasteiger partial charge in [-0.1, -0.05) is 39.7 Å². The molecule has 0 saturated heterocycles. The van der Waals surface area contributed by atoms with Crippen molar-refractivity contribution in [2.45, 2.75) is 13.8 Å². The summed E-state index contributed by atoms with van der Waals surface area (Å²) in [6, 6.07) is 11.0. The van der Waals surface area contributed by atoms with Crippen molar-refractivity contribution in [2.24, 2.45) is 0 Å². The lowest BCUT2D eigenvalue weighted by Gasteiger charge is -2.10. The maximum absolute atomic E-state index is 12.2. The maximum atomic E-state index is 12.2. The first-order chi connectivity index (χ1) is 8.99. The number of hydrogen-bond donors (Lipinski definition) is 1. The van der Waals surface area contributed by atoms with Crippen LogP contribution in [0.4, 0.5) is 5.69 Å². The average Bonchev–Trinajstić information content (AvgIpc) is 2.38. The largest absolute Gasteiger partial charge is 0.322 e. The number of rotatable bonds is 2.